The number of aliphatic hydroxyl groups excluding tert-OH is 4. The lowest BCUT2D eigenvalue weighted by atomic mass is 10.1. The number of hydrogen-bond donors (Lipinski definition) is 6. The fourth-order valence-corrected chi connectivity index (χ4v) is 9.07. The first-order valence-electron chi connectivity index (χ1n) is 31.9. The standard InChI is InChI=1S/C62H117N11O14/c1-17-43(7)23-64-24-54(79)66(26-45(9)19-3)35-59(84)72(32-51(15)76)41-61(86)71(31-50(14)75)40-58(83)68(28-47(11)21-5)37-56(81)69(29-48(12)22-6)38-60(85)73(33-52(16)77)42-62(87)70(30-49(13)74)39-57(82)67(27-46(10)20-4)36-55(80)65(34-53(63)78)25-44(8)18-2/h43-52,64,74-77H,17-42H2,1-16H3,(H2,63,78). The van der Waals surface area contributed by atoms with Crippen molar-refractivity contribution in [3.63, 3.8) is 0 Å². The first kappa shape index (κ1) is 81.5. The minimum atomic E-state index is -1.17. The summed E-state index contributed by atoms with van der Waals surface area (Å²) in [5, 5.41) is 45.6. The first-order chi connectivity index (χ1) is 40.6. The van der Waals surface area contributed by atoms with Crippen molar-refractivity contribution in [1.82, 2.24) is 49.4 Å². The summed E-state index contributed by atoms with van der Waals surface area (Å²) in [5.41, 5.74) is 5.50. The van der Waals surface area contributed by atoms with Gasteiger partial charge < -0.3 is 75.6 Å². The van der Waals surface area contributed by atoms with E-state index in [4.69, 9.17) is 5.73 Å². The number of hydrogen-bond acceptors (Lipinski definition) is 15. The lowest BCUT2D eigenvalue weighted by Gasteiger charge is -2.34. The minimum absolute atomic E-state index is 0.000605. The molecule has 10 unspecified atom stereocenters. The fraction of sp³-hybridized carbons (Fsp3) is 0.839. The summed E-state index contributed by atoms with van der Waals surface area (Å²) in [6, 6.07) is 0. The zero-order valence-electron chi connectivity index (χ0n) is 56.1. The molecule has 25 nitrogen and oxygen atoms in total. The van der Waals surface area contributed by atoms with Crippen molar-refractivity contribution in [2.24, 2.45) is 41.2 Å². The van der Waals surface area contributed by atoms with Crippen LogP contribution in [0.5, 0.6) is 0 Å². The summed E-state index contributed by atoms with van der Waals surface area (Å²) in [5.74, 6) is -6.37. The van der Waals surface area contributed by atoms with Crippen LogP contribution in [-0.4, -0.2) is 279 Å². The largest absolute Gasteiger partial charge is 0.392 e. The van der Waals surface area contributed by atoms with E-state index in [2.05, 4.69) is 12.2 Å². The van der Waals surface area contributed by atoms with Gasteiger partial charge in [-0.05, 0) is 69.7 Å². The van der Waals surface area contributed by atoms with Gasteiger partial charge in [-0.2, -0.15) is 0 Å². The molecule has 0 heterocycles. The average Bonchev–Trinajstić information content (AvgIpc) is 3.27. The Morgan fingerprint density at radius 1 is 0.287 bits per heavy atom. The van der Waals surface area contributed by atoms with Gasteiger partial charge in [0.25, 0.3) is 0 Å². The van der Waals surface area contributed by atoms with Crippen molar-refractivity contribution >= 4 is 59.1 Å². The van der Waals surface area contributed by atoms with E-state index in [1.807, 2.05) is 76.2 Å². The molecule has 0 aliphatic carbocycles. The number of amides is 10. The molecule has 25 heteroatoms. The van der Waals surface area contributed by atoms with E-state index in [9.17, 15) is 68.4 Å². The minimum Gasteiger partial charge on any atom is -0.392 e. The summed E-state index contributed by atoms with van der Waals surface area (Å²) < 4.78 is 0. The van der Waals surface area contributed by atoms with Crippen LogP contribution in [0.15, 0.2) is 0 Å². The van der Waals surface area contributed by atoms with Gasteiger partial charge >= 0.3 is 0 Å². The van der Waals surface area contributed by atoms with E-state index in [1.165, 1.54) is 52.2 Å². The van der Waals surface area contributed by atoms with Crippen LogP contribution in [0.3, 0.4) is 0 Å². The quantitative estimate of drug-likeness (QED) is 0.0501. The molecule has 0 spiro atoms. The molecule has 0 aromatic heterocycles. The van der Waals surface area contributed by atoms with E-state index < -0.39 is 123 Å². The molecular formula is C62H117N11O14. The number of nitrogens with one attached hydrogen (secondary N) is 1. The van der Waals surface area contributed by atoms with Gasteiger partial charge in [-0.3, -0.25) is 47.9 Å². The van der Waals surface area contributed by atoms with Gasteiger partial charge in [-0.15, -0.1) is 0 Å². The SMILES string of the molecule is CCC(C)CNCC(=O)N(CC(=O)N(CC(=O)N(CC(=O)N(CC(=O)N(CC(=O)N(CC(=O)N(CC(=O)N(CC(=O)N(CC(N)=O)CC(C)CC)CC(C)CC)CC(C)O)CC(C)O)CC(C)CC)CC(C)CC)CC(C)O)CC(C)O)CC(C)CC. The van der Waals surface area contributed by atoms with E-state index in [-0.39, 0.29) is 114 Å². The lowest BCUT2D eigenvalue weighted by Crippen LogP contribution is -2.55. The molecule has 7 N–H and O–H groups in total. The second-order valence-electron chi connectivity index (χ2n) is 25.0. The van der Waals surface area contributed by atoms with Crippen molar-refractivity contribution in [2.45, 2.75) is 174 Å². The predicted molar refractivity (Wildman–Crippen MR) is 335 cm³/mol. The molecule has 504 valence electrons. The monoisotopic (exact) mass is 1240 g/mol. The van der Waals surface area contributed by atoms with Crippen LogP contribution in [-0.2, 0) is 47.9 Å². The number of aliphatic hydroxyl groups is 4. The van der Waals surface area contributed by atoms with Crippen molar-refractivity contribution in [1.29, 1.82) is 0 Å². The molecule has 0 rings (SSSR count). The number of primary amides is 1. The molecule has 0 aromatic rings. The number of rotatable bonds is 46. The van der Waals surface area contributed by atoms with E-state index in [0.717, 1.165) is 32.4 Å². The van der Waals surface area contributed by atoms with Crippen molar-refractivity contribution in [2.75, 3.05) is 131 Å². The molecule has 0 bridgehead atoms. The fourth-order valence-electron chi connectivity index (χ4n) is 9.07. The van der Waals surface area contributed by atoms with Crippen LogP contribution in [0, 0.1) is 35.5 Å². The molecule has 10 amide bonds. The van der Waals surface area contributed by atoms with Crippen molar-refractivity contribution in [3.8, 4) is 0 Å². The summed E-state index contributed by atoms with van der Waals surface area (Å²) in [6.07, 6.45) is -0.354. The van der Waals surface area contributed by atoms with E-state index in [1.54, 1.807) is 0 Å². The van der Waals surface area contributed by atoms with Crippen molar-refractivity contribution < 1.29 is 68.4 Å². The zero-order chi connectivity index (χ0) is 66.8. The maximum atomic E-state index is 14.7. The van der Waals surface area contributed by atoms with Crippen LogP contribution in [0.1, 0.15) is 149 Å². The van der Waals surface area contributed by atoms with E-state index in [0.29, 0.717) is 38.1 Å². The molecule has 0 saturated heterocycles. The van der Waals surface area contributed by atoms with Gasteiger partial charge in [0.05, 0.1) is 89.9 Å². The highest BCUT2D eigenvalue weighted by Crippen LogP contribution is 2.15. The number of carbonyl (C=O) groups excluding carboxylic acids is 10. The summed E-state index contributed by atoms with van der Waals surface area (Å²) in [7, 11) is 0. The van der Waals surface area contributed by atoms with Crippen LogP contribution >= 0.6 is 0 Å². The third-order valence-electron chi connectivity index (χ3n) is 15.7. The average molecular weight is 1240 g/mol. The molecular weight excluding hydrogens is 1120 g/mol. The Kier molecular flexibility index (Phi) is 40.5. The van der Waals surface area contributed by atoms with Gasteiger partial charge in [-0.25, -0.2) is 0 Å². The maximum Gasteiger partial charge on any atom is 0.242 e. The van der Waals surface area contributed by atoms with Crippen LogP contribution in [0.4, 0.5) is 0 Å². The Labute approximate surface area is 521 Å². The highest BCUT2D eigenvalue weighted by Gasteiger charge is 2.34. The Hall–Kier alpha value is -5.50. The molecule has 0 radical (unpaired) electrons. The Balaban J connectivity index is 7.05. The van der Waals surface area contributed by atoms with Gasteiger partial charge in [0.2, 0.25) is 59.1 Å². The van der Waals surface area contributed by atoms with Gasteiger partial charge in [-0.1, -0.05) is 122 Å². The number of nitrogens with two attached hydrogens (primary N) is 1. The summed E-state index contributed by atoms with van der Waals surface area (Å²) >= 11 is 0. The lowest BCUT2D eigenvalue weighted by molar-refractivity contribution is -0.150. The Morgan fingerprint density at radius 2 is 0.460 bits per heavy atom. The molecule has 0 saturated carbocycles. The molecule has 0 aliphatic heterocycles. The smallest absolute Gasteiger partial charge is 0.242 e. The van der Waals surface area contributed by atoms with E-state index >= 15 is 0 Å². The third kappa shape index (κ3) is 34.2. The first-order valence-corrected chi connectivity index (χ1v) is 31.9. The molecule has 0 fully saturated rings. The third-order valence-corrected chi connectivity index (χ3v) is 15.7. The van der Waals surface area contributed by atoms with Crippen LogP contribution in [0.25, 0.3) is 0 Å². The van der Waals surface area contributed by atoms with Crippen LogP contribution in [0.2, 0.25) is 0 Å². The normalized spacial score (nSPS) is 14.8. The van der Waals surface area contributed by atoms with Gasteiger partial charge in [0.15, 0.2) is 0 Å². The van der Waals surface area contributed by atoms with Crippen LogP contribution < -0.4 is 11.1 Å². The second kappa shape index (κ2) is 43.2. The van der Waals surface area contributed by atoms with Gasteiger partial charge in [0.1, 0.15) is 0 Å². The topological polar surface area (TPSA) is 319 Å². The molecule has 0 aliphatic rings. The second-order valence-corrected chi connectivity index (χ2v) is 25.0. The zero-order valence-corrected chi connectivity index (χ0v) is 56.1. The number of carbonyl (C=O) groups is 10. The molecule has 0 aromatic carbocycles. The summed E-state index contributed by atoms with van der Waals surface area (Å²) in [4.78, 5) is 151. The van der Waals surface area contributed by atoms with Crippen molar-refractivity contribution in [3.05, 3.63) is 0 Å². The highest BCUT2D eigenvalue weighted by atomic mass is 16.3. The summed E-state index contributed by atoms with van der Waals surface area (Å²) in [6.45, 7) is 24.1. The molecule has 10 atom stereocenters. The maximum absolute atomic E-state index is 14.7. The Morgan fingerprint density at radius 3 is 0.632 bits per heavy atom. The predicted octanol–water partition coefficient (Wildman–Crippen LogP) is 1.32. The Bertz CT molecular complexity index is 2120. The van der Waals surface area contributed by atoms with Gasteiger partial charge in [0, 0.05) is 58.9 Å². The highest BCUT2D eigenvalue weighted by molar-refractivity contribution is 5.94. The molecule has 87 heavy (non-hydrogen) atoms. The number of nitrogens with zero attached hydrogens (tertiary/aromatic N) is 9.